The zero-order valence-corrected chi connectivity index (χ0v) is 7.34. The number of hydrogen-bond donors (Lipinski definition) is 3. The first kappa shape index (κ1) is 9.32. The third-order valence-corrected chi connectivity index (χ3v) is 1.96. The van der Waals surface area contributed by atoms with E-state index in [9.17, 15) is 4.79 Å². The van der Waals surface area contributed by atoms with Gasteiger partial charge in [0.1, 0.15) is 0 Å². The number of carbonyl (C=O) groups excluding carboxylic acids is 1. The van der Waals surface area contributed by atoms with Gasteiger partial charge in [0.25, 0.3) is 0 Å². The number of rotatable bonds is 4. The maximum atomic E-state index is 11.1. The second-order valence-electron chi connectivity index (χ2n) is 3.18. The highest BCUT2D eigenvalue weighted by Crippen LogP contribution is 2.18. The number of aliphatic hydroxyl groups is 1. The van der Waals surface area contributed by atoms with Gasteiger partial charge in [-0.05, 0) is 19.3 Å². The second kappa shape index (κ2) is 4.30. The number of carbonyl (C=O) groups is 1. The zero-order valence-electron chi connectivity index (χ0n) is 7.34. The van der Waals surface area contributed by atoms with Crippen molar-refractivity contribution in [2.24, 2.45) is 0 Å². The van der Waals surface area contributed by atoms with Gasteiger partial charge < -0.3 is 15.7 Å². The summed E-state index contributed by atoms with van der Waals surface area (Å²) in [6.45, 7) is 1.94. The van der Waals surface area contributed by atoms with Gasteiger partial charge in [-0.25, -0.2) is 4.79 Å². The summed E-state index contributed by atoms with van der Waals surface area (Å²) in [5, 5.41) is 14.3. The van der Waals surface area contributed by atoms with Crippen LogP contribution in [0.25, 0.3) is 0 Å². The van der Waals surface area contributed by atoms with E-state index in [4.69, 9.17) is 5.11 Å². The van der Waals surface area contributed by atoms with Crippen molar-refractivity contribution < 1.29 is 9.90 Å². The molecule has 3 N–H and O–H groups in total. The van der Waals surface area contributed by atoms with Crippen molar-refractivity contribution in [1.29, 1.82) is 0 Å². The summed E-state index contributed by atoms with van der Waals surface area (Å²) < 4.78 is 0. The van der Waals surface area contributed by atoms with Crippen molar-refractivity contribution in [3.63, 3.8) is 0 Å². The Morgan fingerprint density at radius 3 is 2.75 bits per heavy atom. The first-order valence-corrected chi connectivity index (χ1v) is 4.44. The molecule has 0 aliphatic heterocycles. The van der Waals surface area contributed by atoms with Crippen molar-refractivity contribution in [3.05, 3.63) is 0 Å². The molecule has 1 aliphatic rings. The highest BCUT2D eigenvalue weighted by Gasteiger charge is 2.23. The van der Waals surface area contributed by atoms with Gasteiger partial charge in [0, 0.05) is 6.04 Å². The Labute approximate surface area is 72.3 Å². The summed E-state index contributed by atoms with van der Waals surface area (Å²) in [6, 6.07) is 0.114. The molecule has 0 heterocycles. The molecule has 1 atom stereocenters. The van der Waals surface area contributed by atoms with E-state index in [1.165, 1.54) is 0 Å². The summed E-state index contributed by atoms with van der Waals surface area (Å²) in [5.41, 5.74) is 0. The maximum absolute atomic E-state index is 11.1. The number of nitrogens with one attached hydrogen (secondary N) is 2. The van der Waals surface area contributed by atoms with Gasteiger partial charge >= 0.3 is 6.03 Å². The molecule has 1 aliphatic carbocycles. The standard InChI is InChI=1S/C8H16N2O2/c1-2-6(5-11)9-8(12)10-7-3-4-7/h6-7,11H,2-5H2,1H3,(H2,9,10,12)/t6-/m1/s1. The van der Waals surface area contributed by atoms with E-state index in [2.05, 4.69) is 10.6 Å². The van der Waals surface area contributed by atoms with Gasteiger partial charge in [-0.1, -0.05) is 6.92 Å². The fourth-order valence-corrected chi connectivity index (χ4v) is 0.917. The third kappa shape index (κ3) is 3.09. The van der Waals surface area contributed by atoms with Gasteiger partial charge in [0.2, 0.25) is 0 Å². The molecule has 4 nitrogen and oxygen atoms in total. The first-order valence-electron chi connectivity index (χ1n) is 4.44. The summed E-state index contributed by atoms with van der Waals surface area (Å²) in [7, 11) is 0. The maximum Gasteiger partial charge on any atom is 0.315 e. The Balaban J connectivity index is 2.13. The van der Waals surface area contributed by atoms with Crippen LogP contribution in [0.1, 0.15) is 26.2 Å². The molecule has 0 aromatic carbocycles. The van der Waals surface area contributed by atoms with Gasteiger partial charge in [0.15, 0.2) is 0 Å². The molecule has 1 fully saturated rings. The average Bonchev–Trinajstić information content (AvgIpc) is 2.84. The number of urea groups is 1. The summed E-state index contributed by atoms with van der Waals surface area (Å²) in [5.74, 6) is 0. The molecule has 1 rings (SSSR count). The molecule has 1 saturated carbocycles. The van der Waals surface area contributed by atoms with Crippen LogP contribution in [0.15, 0.2) is 0 Å². The van der Waals surface area contributed by atoms with E-state index < -0.39 is 0 Å². The molecule has 0 unspecified atom stereocenters. The van der Waals surface area contributed by atoms with E-state index >= 15 is 0 Å². The van der Waals surface area contributed by atoms with Crippen LogP contribution < -0.4 is 10.6 Å². The molecule has 0 spiro atoms. The molecule has 0 aromatic heterocycles. The molecule has 0 bridgehead atoms. The van der Waals surface area contributed by atoms with E-state index in [0.717, 1.165) is 19.3 Å². The molecular weight excluding hydrogens is 156 g/mol. The molecule has 70 valence electrons. The molecular formula is C8H16N2O2. The summed E-state index contributed by atoms with van der Waals surface area (Å²) >= 11 is 0. The lowest BCUT2D eigenvalue weighted by molar-refractivity contribution is 0.214. The minimum atomic E-state index is -0.154. The Bertz CT molecular complexity index is 153. The van der Waals surface area contributed by atoms with Crippen LogP contribution >= 0.6 is 0 Å². The van der Waals surface area contributed by atoms with E-state index in [-0.39, 0.29) is 18.7 Å². The number of aliphatic hydroxyl groups excluding tert-OH is 1. The van der Waals surface area contributed by atoms with Crippen LogP contribution in [0, 0.1) is 0 Å². The molecule has 0 radical (unpaired) electrons. The van der Waals surface area contributed by atoms with Crippen molar-refractivity contribution in [2.45, 2.75) is 38.3 Å². The largest absolute Gasteiger partial charge is 0.394 e. The van der Waals surface area contributed by atoms with Gasteiger partial charge in [-0.15, -0.1) is 0 Å². The predicted octanol–water partition coefficient (Wildman–Crippen LogP) is 0.219. The fraction of sp³-hybridized carbons (Fsp3) is 0.875. The Morgan fingerprint density at radius 2 is 2.33 bits per heavy atom. The van der Waals surface area contributed by atoms with Crippen LogP contribution in [-0.4, -0.2) is 29.8 Å². The normalized spacial score (nSPS) is 18.5. The van der Waals surface area contributed by atoms with Crippen molar-refractivity contribution in [2.75, 3.05) is 6.61 Å². The molecule has 4 heteroatoms. The number of hydrogen-bond acceptors (Lipinski definition) is 2. The summed E-state index contributed by atoms with van der Waals surface area (Å²) in [4.78, 5) is 11.1. The van der Waals surface area contributed by atoms with Crippen LogP contribution in [0.2, 0.25) is 0 Å². The van der Waals surface area contributed by atoms with E-state index in [1.807, 2.05) is 6.92 Å². The Hall–Kier alpha value is -0.770. The highest BCUT2D eigenvalue weighted by atomic mass is 16.3. The minimum absolute atomic E-state index is 0.00852. The van der Waals surface area contributed by atoms with Crippen molar-refractivity contribution in [1.82, 2.24) is 10.6 Å². The molecule has 0 aromatic rings. The first-order chi connectivity index (χ1) is 5.76. The van der Waals surface area contributed by atoms with Crippen molar-refractivity contribution >= 4 is 6.03 Å². The lowest BCUT2D eigenvalue weighted by Gasteiger charge is -2.14. The Kier molecular flexibility index (Phi) is 3.34. The Morgan fingerprint density at radius 1 is 1.67 bits per heavy atom. The second-order valence-corrected chi connectivity index (χ2v) is 3.18. The smallest absolute Gasteiger partial charge is 0.315 e. The van der Waals surface area contributed by atoms with Gasteiger partial charge in [0.05, 0.1) is 12.6 Å². The van der Waals surface area contributed by atoms with E-state index in [0.29, 0.717) is 6.04 Å². The van der Waals surface area contributed by atoms with Crippen LogP contribution in [0.5, 0.6) is 0 Å². The SMILES string of the molecule is CC[C@H](CO)NC(=O)NC1CC1. The van der Waals surface area contributed by atoms with Crippen LogP contribution in [-0.2, 0) is 0 Å². The lowest BCUT2D eigenvalue weighted by Crippen LogP contribution is -2.44. The monoisotopic (exact) mass is 172 g/mol. The number of amides is 2. The van der Waals surface area contributed by atoms with Crippen LogP contribution in [0.4, 0.5) is 4.79 Å². The lowest BCUT2D eigenvalue weighted by atomic mass is 10.2. The molecule has 2 amide bonds. The topological polar surface area (TPSA) is 61.4 Å². The summed E-state index contributed by atoms with van der Waals surface area (Å²) in [6.07, 6.45) is 2.93. The average molecular weight is 172 g/mol. The quantitative estimate of drug-likeness (QED) is 0.568. The minimum Gasteiger partial charge on any atom is -0.394 e. The third-order valence-electron chi connectivity index (χ3n) is 1.96. The predicted molar refractivity (Wildman–Crippen MR) is 45.9 cm³/mol. The van der Waals surface area contributed by atoms with Crippen LogP contribution in [0.3, 0.4) is 0 Å². The molecule has 12 heavy (non-hydrogen) atoms. The van der Waals surface area contributed by atoms with E-state index in [1.54, 1.807) is 0 Å². The zero-order chi connectivity index (χ0) is 8.97. The van der Waals surface area contributed by atoms with Crippen molar-refractivity contribution in [3.8, 4) is 0 Å². The highest BCUT2D eigenvalue weighted by molar-refractivity contribution is 5.74. The van der Waals surface area contributed by atoms with Gasteiger partial charge in [-0.2, -0.15) is 0 Å². The fourth-order valence-electron chi connectivity index (χ4n) is 0.917. The van der Waals surface area contributed by atoms with Gasteiger partial charge in [-0.3, -0.25) is 0 Å². The molecule has 0 saturated heterocycles.